The van der Waals surface area contributed by atoms with Gasteiger partial charge in [0.25, 0.3) is 0 Å². The third kappa shape index (κ3) is 6.12. The van der Waals surface area contributed by atoms with Crippen molar-refractivity contribution in [2.75, 3.05) is 0 Å². The largest absolute Gasteiger partial charge is 0.475 e. The van der Waals surface area contributed by atoms with Crippen LogP contribution in [0.4, 0.5) is 0 Å². The van der Waals surface area contributed by atoms with E-state index in [0.29, 0.717) is 16.5 Å². The fraction of sp³-hybridized carbons (Fsp3) is 0.429. The Hall–Kier alpha value is -1.74. The third-order valence-corrected chi connectivity index (χ3v) is 5.76. The highest BCUT2D eigenvalue weighted by molar-refractivity contribution is 9.10. The zero-order chi connectivity index (χ0) is 21.7. The number of amides is 1. The van der Waals surface area contributed by atoms with Crippen molar-refractivity contribution in [2.45, 2.75) is 45.7 Å². The number of benzene rings is 2. The molecule has 0 saturated heterocycles. The van der Waals surface area contributed by atoms with Crippen LogP contribution in [0.3, 0.4) is 0 Å². The summed E-state index contributed by atoms with van der Waals surface area (Å²) in [5, 5.41) is 33.6. The molecule has 0 radical (unpaired) electrons. The van der Waals surface area contributed by atoms with Crippen molar-refractivity contribution in [1.82, 2.24) is 5.32 Å². The van der Waals surface area contributed by atoms with Crippen LogP contribution >= 0.6 is 15.9 Å². The third-order valence-electron chi connectivity index (χ3n) is 4.90. The van der Waals surface area contributed by atoms with Gasteiger partial charge in [-0.25, -0.2) is 0 Å². The Morgan fingerprint density at radius 3 is 2.34 bits per heavy atom. The molecule has 6 nitrogen and oxygen atoms in total. The lowest BCUT2D eigenvalue weighted by atomic mass is 9.74. The lowest BCUT2D eigenvalue weighted by molar-refractivity contribution is -0.128. The molecule has 8 heteroatoms. The van der Waals surface area contributed by atoms with Crippen LogP contribution in [-0.4, -0.2) is 46.0 Å². The maximum atomic E-state index is 12.9. The minimum Gasteiger partial charge on any atom is -0.426 e. The van der Waals surface area contributed by atoms with Gasteiger partial charge in [-0.1, -0.05) is 44.2 Å². The SMILES string of the molecule is CC(C)C[C@H](NC(=O)[C@@H](CC(=O)c1ccc2ccccc2c1Br)[C@@H](C)O)B(O)O. The molecule has 0 spiro atoms. The van der Waals surface area contributed by atoms with Crippen molar-refractivity contribution in [3.8, 4) is 0 Å². The molecule has 0 aliphatic carbocycles. The number of nitrogens with one attached hydrogen (secondary N) is 1. The van der Waals surface area contributed by atoms with Crippen LogP contribution in [0.15, 0.2) is 40.9 Å². The Labute approximate surface area is 179 Å². The van der Waals surface area contributed by atoms with Gasteiger partial charge in [-0.3, -0.25) is 9.59 Å². The fourth-order valence-corrected chi connectivity index (χ4v) is 4.01. The second kappa shape index (κ2) is 10.3. The number of halogens is 1. The molecular formula is C21H27BBrNO5. The van der Waals surface area contributed by atoms with Crippen molar-refractivity contribution in [2.24, 2.45) is 11.8 Å². The fourth-order valence-electron chi connectivity index (χ4n) is 3.29. The Morgan fingerprint density at radius 1 is 1.10 bits per heavy atom. The number of fused-ring (bicyclic) bond motifs is 1. The van der Waals surface area contributed by atoms with E-state index < -0.39 is 31.0 Å². The standard InChI is InChI=1S/C21H27BBrNO5/c1-12(2)10-19(22(28)29)24-21(27)17(13(3)25)11-18(26)16-9-8-14-6-4-5-7-15(14)20(16)23/h4-9,12-13,17,19,25,28-29H,10-11H2,1-3H3,(H,24,27)/t13-,17+,19+/m1/s1. The van der Waals surface area contributed by atoms with Gasteiger partial charge in [0.15, 0.2) is 5.78 Å². The summed E-state index contributed by atoms with van der Waals surface area (Å²) in [6.45, 7) is 5.24. The lowest BCUT2D eigenvalue weighted by Crippen LogP contribution is -2.50. The molecular weight excluding hydrogens is 437 g/mol. The number of rotatable bonds is 9. The molecule has 1 amide bonds. The number of ketones is 1. The molecule has 2 aromatic rings. The molecule has 0 heterocycles. The Bertz CT molecular complexity index is 871. The highest BCUT2D eigenvalue weighted by Crippen LogP contribution is 2.29. The quantitative estimate of drug-likeness (QED) is 0.338. The number of Topliss-reactive ketones (excluding diaryl/α,β-unsaturated/α-hetero) is 1. The van der Waals surface area contributed by atoms with Crippen LogP contribution in [0.5, 0.6) is 0 Å². The normalized spacial score (nSPS) is 14.5. The molecule has 2 aromatic carbocycles. The van der Waals surface area contributed by atoms with Gasteiger partial charge < -0.3 is 20.5 Å². The van der Waals surface area contributed by atoms with E-state index in [4.69, 9.17) is 0 Å². The van der Waals surface area contributed by atoms with E-state index in [1.807, 2.05) is 44.2 Å². The summed E-state index contributed by atoms with van der Waals surface area (Å²) in [6.07, 6.45) is -0.912. The number of aliphatic hydroxyl groups excluding tert-OH is 1. The van der Waals surface area contributed by atoms with Crippen molar-refractivity contribution in [3.63, 3.8) is 0 Å². The molecule has 0 saturated carbocycles. The first-order valence-corrected chi connectivity index (χ1v) is 10.5. The molecule has 0 bridgehead atoms. The van der Waals surface area contributed by atoms with Crippen molar-refractivity contribution in [1.29, 1.82) is 0 Å². The summed E-state index contributed by atoms with van der Waals surface area (Å²) in [7, 11) is -1.72. The average Bonchev–Trinajstić information content (AvgIpc) is 2.65. The number of aliphatic hydroxyl groups is 1. The molecule has 0 fully saturated rings. The van der Waals surface area contributed by atoms with Crippen LogP contribution in [0.1, 0.15) is 44.0 Å². The highest BCUT2D eigenvalue weighted by atomic mass is 79.9. The maximum absolute atomic E-state index is 12.9. The van der Waals surface area contributed by atoms with Crippen LogP contribution in [0.25, 0.3) is 10.8 Å². The summed E-state index contributed by atoms with van der Waals surface area (Å²) in [5.41, 5.74) is 0.433. The molecule has 0 aromatic heterocycles. The van der Waals surface area contributed by atoms with E-state index in [0.717, 1.165) is 10.8 Å². The monoisotopic (exact) mass is 463 g/mol. The van der Waals surface area contributed by atoms with Crippen molar-refractivity contribution < 1.29 is 24.7 Å². The Balaban J connectivity index is 2.20. The smallest absolute Gasteiger partial charge is 0.426 e. The molecule has 0 aliphatic heterocycles. The van der Waals surface area contributed by atoms with Crippen LogP contribution in [0, 0.1) is 11.8 Å². The van der Waals surface area contributed by atoms with Gasteiger partial charge >= 0.3 is 7.12 Å². The van der Waals surface area contributed by atoms with Crippen molar-refractivity contribution in [3.05, 3.63) is 46.4 Å². The van der Waals surface area contributed by atoms with Gasteiger partial charge in [0.2, 0.25) is 5.91 Å². The van der Waals surface area contributed by atoms with Crippen LogP contribution in [-0.2, 0) is 4.79 Å². The number of hydrogen-bond donors (Lipinski definition) is 4. The summed E-state index contributed by atoms with van der Waals surface area (Å²) in [4.78, 5) is 25.6. The van der Waals surface area contributed by atoms with E-state index in [1.165, 1.54) is 6.92 Å². The first-order chi connectivity index (χ1) is 13.6. The molecule has 2 rings (SSSR count). The Morgan fingerprint density at radius 2 is 1.76 bits per heavy atom. The van der Waals surface area contributed by atoms with Crippen LogP contribution < -0.4 is 5.32 Å². The molecule has 0 unspecified atom stereocenters. The topological polar surface area (TPSA) is 107 Å². The highest BCUT2D eigenvalue weighted by Gasteiger charge is 2.32. The molecule has 0 aliphatic rings. The number of hydrogen-bond acceptors (Lipinski definition) is 5. The molecule has 156 valence electrons. The first kappa shape index (κ1) is 23.5. The van der Waals surface area contributed by atoms with Gasteiger partial charge in [0, 0.05) is 16.5 Å². The van der Waals surface area contributed by atoms with Crippen LogP contribution in [0.2, 0.25) is 0 Å². The summed E-state index contributed by atoms with van der Waals surface area (Å²) < 4.78 is 0.647. The van der Waals surface area contributed by atoms with Gasteiger partial charge in [-0.05, 0) is 52.0 Å². The predicted octanol–water partition coefficient (Wildman–Crippen LogP) is 2.72. The van der Waals surface area contributed by atoms with E-state index in [9.17, 15) is 24.7 Å². The number of carbonyl (C=O) groups is 2. The minimum atomic E-state index is -1.72. The predicted molar refractivity (Wildman–Crippen MR) is 117 cm³/mol. The number of carbonyl (C=O) groups excluding carboxylic acids is 2. The lowest BCUT2D eigenvalue weighted by Gasteiger charge is -2.24. The van der Waals surface area contributed by atoms with E-state index in [2.05, 4.69) is 21.2 Å². The second-order valence-corrected chi connectivity index (χ2v) is 8.57. The van der Waals surface area contributed by atoms with Gasteiger partial charge in [-0.15, -0.1) is 0 Å². The molecule has 4 N–H and O–H groups in total. The maximum Gasteiger partial charge on any atom is 0.475 e. The van der Waals surface area contributed by atoms with Gasteiger partial charge in [-0.2, -0.15) is 0 Å². The van der Waals surface area contributed by atoms with Gasteiger partial charge in [0.1, 0.15) is 0 Å². The van der Waals surface area contributed by atoms with Gasteiger partial charge in [0.05, 0.1) is 18.0 Å². The summed E-state index contributed by atoms with van der Waals surface area (Å²) in [6, 6.07) is 11.2. The van der Waals surface area contributed by atoms with E-state index >= 15 is 0 Å². The zero-order valence-electron chi connectivity index (χ0n) is 16.8. The van der Waals surface area contributed by atoms with E-state index in [-0.39, 0.29) is 18.1 Å². The van der Waals surface area contributed by atoms with E-state index in [1.54, 1.807) is 6.07 Å². The molecule has 3 atom stereocenters. The summed E-state index contributed by atoms with van der Waals surface area (Å²) in [5.74, 6) is -2.61. The molecule has 29 heavy (non-hydrogen) atoms. The Kier molecular flexibility index (Phi) is 8.40. The average molecular weight is 464 g/mol. The zero-order valence-corrected chi connectivity index (χ0v) is 18.4. The summed E-state index contributed by atoms with van der Waals surface area (Å²) >= 11 is 3.48. The minimum absolute atomic E-state index is 0.127. The second-order valence-electron chi connectivity index (χ2n) is 7.78. The first-order valence-electron chi connectivity index (χ1n) is 9.66. The van der Waals surface area contributed by atoms with Crippen molar-refractivity contribution >= 4 is 45.5 Å².